The first-order chi connectivity index (χ1) is 8.34. The Balaban J connectivity index is 1.60. The van der Waals surface area contributed by atoms with Gasteiger partial charge >= 0.3 is 0 Å². The fourth-order valence-corrected chi connectivity index (χ4v) is 2.13. The van der Waals surface area contributed by atoms with Crippen molar-refractivity contribution in [3.8, 4) is 0 Å². The summed E-state index contributed by atoms with van der Waals surface area (Å²) in [7, 11) is 0. The van der Waals surface area contributed by atoms with Gasteiger partial charge in [-0.05, 0) is 28.8 Å². The zero-order valence-electron chi connectivity index (χ0n) is 9.37. The van der Waals surface area contributed by atoms with Crippen LogP contribution in [0.15, 0.2) is 29.2 Å². The summed E-state index contributed by atoms with van der Waals surface area (Å²) in [5.74, 6) is 0.0713. The van der Waals surface area contributed by atoms with Gasteiger partial charge in [-0.2, -0.15) is 11.3 Å². The van der Waals surface area contributed by atoms with Gasteiger partial charge in [0.25, 0.3) is 0 Å². The van der Waals surface area contributed by atoms with Crippen LogP contribution in [0.4, 0.5) is 0 Å². The third kappa shape index (κ3) is 3.99. The summed E-state index contributed by atoms with van der Waals surface area (Å²) in [5, 5.41) is 14.4. The van der Waals surface area contributed by atoms with Gasteiger partial charge in [-0.15, -0.1) is 5.10 Å². The van der Waals surface area contributed by atoms with Crippen LogP contribution >= 0.6 is 11.3 Å². The molecule has 2 aromatic heterocycles. The fraction of sp³-hybridized carbons (Fsp3) is 0.364. The van der Waals surface area contributed by atoms with Crippen molar-refractivity contribution in [2.75, 3.05) is 6.54 Å². The van der Waals surface area contributed by atoms with Crippen LogP contribution in [0.1, 0.15) is 12.0 Å². The summed E-state index contributed by atoms with van der Waals surface area (Å²) in [4.78, 5) is 11.5. The van der Waals surface area contributed by atoms with E-state index >= 15 is 0 Å². The molecule has 2 rings (SSSR count). The lowest BCUT2D eigenvalue weighted by Crippen LogP contribution is -2.26. The van der Waals surface area contributed by atoms with Crippen molar-refractivity contribution < 1.29 is 4.79 Å². The Morgan fingerprint density at radius 2 is 2.47 bits per heavy atom. The highest BCUT2D eigenvalue weighted by molar-refractivity contribution is 7.07. The van der Waals surface area contributed by atoms with Crippen molar-refractivity contribution in [1.29, 1.82) is 0 Å². The zero-order valence-corrected chi connectivity index (χ0v) is 10.2. The topological polar surface area (TPSA) is 59.8 Å². The highest BCUT2D eigenvalue weighted by Gasteiger charge is 2.02. The summed E-state index contributed by atoms with van der Waals surface area (Å²) < 4.78 is 1.75. The first-order valence-electron chi connectivity index (χ1n) is 5.46. The molecule has 0 bridgehead atoms. The van der Waals surface area contributed by atoms with Crippen LogP contribution in [0.3, 0.4) is 0 Å². The molecule has 0 aliphatic rings. The van der Waals surface area contributed by atoms with Crippen LogP contribution in [0.25, 0.3) is 0 Å². The summed E-state index contributed by atoms with van der Waals surface area (Å²) in [6.45, 7) is 1.45. The molecule has 0 aliphatic carbocycles. The van der Waals surface area contributed by atoms with Crippen LogP contribution < -0.4 is 5.32 Å². The Morgan fingerprint density at radius 1 is 1.53 bits per heavy atom. The largest absolute Gasteiger partial charge is 0.356 e. The Labute approximate surface area is 103 Å². The van der Waals surface area contributed by atoms with Gasteiger partial charge in [0.2, 0.25) is 5.91 Å². The quantitative estimate of drug-likeness (QED) is 0.781. The SMILES string of the molecule is O=C(Cc1ccsc1)NCCCn1ccnn1. The second-order valence-electron chi connectivity index (χ2n) is 3.68. The molecule has 90 valence electrons. The predicted octanol–water partition coefficient (Wildman–Crippen LogP) is 1.09. The number of hydrogen-bond donors (Lipinski definition) is 1. The smallest absolute Gasteiger partial charge is 0.224 e. The van der Waals surface area contributed by atoms with Crippen molar-refractivity contribution in [3.05, 3.63) is 34.8 Å². The summed E-state index contributed by atoms with van der Waals surface area (Å²) in [6.07, 6.45) is 4.79. The average molecular weight is 250 g/mol. The van der Waals surface area contributed by atoms with Crippen molar-refractivity contribution in [3.63, 3.8) is 0 Å². The van der Waals surface area contributed by atoms with Crippen LogP contribution in [-0.4, -0.2) is 27.4 Å². The minimum atomic E-state index is 0.0713. The molecule has 0 saturated carbocycles. The van der Waals surface area contributed by atoms with Gasteiger partial charge in [0.1, 0.15) is 0 Å². The number of nitrogens with zero attached hydrogens (tertiary/aromatic N) is 3. The predicted molar refractivity (Wildman–Crippen MR) is 65.7 cm³/mol. The minimum absolute atomic E-state index is 0.0713. The van der Waals surface area contributed by atoms with Crippen LogP contribution in [0.2, 0.25) is 0 Å². The normalized spacial score (nSPS) is 10.4. The Morgan fingerprint density at radius 3 is 3.18 bits per heavy atom. The first kappa shape index (κ1) is 11.8. The van der Waals surface area contributed by atoms with E-state index in [1.807, 2.05) is 23.0 Å². The van der Waals surface area contributed by atoms with E-state index in [4.69, 9.17) is 0 Å². The van der Waals surface area contributed by atoms with Crippen molar-refractivity contribution in [2.45, 2.75) is 19.4 Å². The lowest BCUT2D eigenvalue weighted by atomic mass is 10.2. The fourth-order valence-electron chi connectivity index (χ4n) is 1.46. The van der Waals surface area contributed by atoms with Crippen molar-refractivity contribution >= 4 is 17.2 Å². The minimum Gasteiger partial charge on any atom is -0.356 e. The Kier molecular flexibility index (Phi) is 4.26. The number of thiophene rings is 1. The Hall–Kier alpha value is -1.69. The average Bonchev–Trinajstić information content (AvgIpc) is 2.96. The maximum atomic E-state index is 11.5. The van der Waals surface area contributed by atoms with Gasteiger partial charge in [-0.3, -0.25) is 9.48 Å². The van der Waals surface area contributed by atoms with E-state index in [9.17, 15) is 4.79 Å². The molecule has 0 atom stereocenters. The van der Waals surface area contributed by atoms with E-state index < -0.39 is 0 Å². The van der Waals surface area contributed by atoms with Crippen molar-refractivity contribution in [1.82, 2.24) is 20.3 Å². The number of amides is 1. The van der Waals surface area contributed by atoms with Gasteiger partial charge in [-0.1, -0.05) is 5.21 Å². The molecule has 2 aromatic rings. The monoisotopic (exact) mass is 250 g/mol. The third-order valence-corrected chi connectivity index (χ3v) is 3.03. The van der Waals surface area contributed by atoms with Gasteiger partial charge in [0.05, 0.1) is 12.6 Å². The van der Waals surface area contributed by atoms with Gasteiger partial charge in [0, 0.05) is 19.3 Å². The van der Waals surface area contributed by atoms with Crippen LogP contribution in [0.5, 0.6) is 0 Å². The highest BCUT2D eigenvalue weighted by Crippen LogP contribution is 2.06. The molecule has 1 N–H and O–H groups in total. The van der Waals surface area contributed by atoms with E-state index in [2.05, 4.69) is 15.6 Å². The summed E-state index contributed by atoms with van der Waals surface area (Å²) in [6, 6.07) is 1.97. The number of hydrogen-bond acceptors (Lipinski definition) is 4. The standard InChI is InChI=1S/C11H14N4OS/c16-11(8-10-2-7-17-9-10)12-3-1-5-15-6-4-13-14-15/h2,4,6-7,9H,1,3,5,8H2,(H,12,16). The molecule has 0 radical (unpaired) electrons. The molecule has 0 fully saturated rings. The number of aryl methyl sites for hydroxylation is 1. The zero-order chi connectivity index (χ0) is 11.9. The molecule has 0 spiro atoms. The number of aromatic nitrogens is 3. The van der Waals surface area contributed by atoms with E-state index in [0.29, 0.717) is 13.0 Å². The molecule has 0 saturated heterocycles. The van der Waals surface area contributed by atoms with E-state index in [1.165, 1.54) is 0 Å². The van der Waals surface area contributed by atoms with Gasteiger partial charge in [-0.25, -0.2) is 0 Å². The summed E-state index contributed by atoms with van der Waals surface area (Å²) in [5.41, 5.74) is 1.07. The Bertz CT molecular complexity index is 438. The van der Waals surface area contributed by atoms with E-state index in [0.717, 1.165) is 18.5 Å². The van der Waals surface area contributed by atoms with Crippen LogP contribution in [-0.2, 0) is 17.8 Å². The van der Waals surface area contributed by atoms with Crippen LogP contribution in [0, 0.1) is 0 Å². The lowest BCUT2D eigenvalue weighted by Gasteiger charge is -2.04. The molecule has 6 heteroatoms. The lowest BCUT2D eigenvalue weighted by molar-refractivity contribution is -0.120. The number of rotatable bonds is 6. The molecular formula is C11H14N4OS. The molecule has 1 amide bonds. The molecule has 5 nitrogen and oxygen atoms in total. The number of nitrogens with one attached hydrogen (secondary N) is 1. The molecule has 2 heterocycles. The molecule has 17 heavy (non-hydrogen) atoms. The summed E-state index contributed by atoms with van der Waals surface area (Å²) >= 11 is 1.61. The third-order valence-electron chi connectivity index (χ3n) is 2.30. The number of carbonyl (C=O) groups is 1. The molecule has 0 aromatic carbocycles. The van der Waals surface area contributed by atoms with E-state index in [1.54, 1.807) is 22.2 Å². The molecular weight excluding hydrogens is 236 g/mol. The maximum Gasteiger partial charge on any atom is 0.224 e. The van der Waals surface area contributed by atoms with Gasteiger partial charge < -0.3 is 5.32 Å². The maximum absolute atomic E-state index is 11.5. The second kappa shape index (κ2) is 6.15. The van der Waals surface area contributed by atoms with E-state index in [-0.39, 0.29) is 5.91 Å². The molecule has 0 aliphatic heterocycles. The van der Waals surface area contributed by atoms with Gasteiger partial charge in [0.15, 0.2) is 0 Å². The van der Waals surface area contributed by atoms with Crippen molar-refractivity contribution in [2.24, 2.45) is 0 Å². The molecule has 0 unspecified atom stereocenters. The number of carbonyl (C=O) groups excluding carboxylic acids is 1. The first-order valence-corrected chi connectivity index (χ1v) is 6.41. The second-order valence-corrected chi connectivity index (χ2v) is 4.46. The highest BCUT2D eigenvalue weighted by atomic mass is 32.1.